The van der Waals surface area contributed by atoms with Crippen LogP contribution in [0, 0.1) is 21.3 Å². The van der Waals surface area contributed by atoms with Gasteiger partial charge in [0.25, 0.3) is 0 Å². The first-order valence-corrected chi connectivity index (χ1v) is 7.39. The SMILES string of the molecule is NC1CC(Oc2cc(F)ccc2[N+](=O)[O-])C12CCCCC2. The Labute approximate surface area is 122 Å². The molecule has 2 saturated carbocycles. The predicted octanol–water partition coefficient (Wildman–Crippen LogP) is 3.16. The zero-order valence-corrected chi connectivity index (χ0v) is 11.8. The number of nitro groups is 1. The Kier molecular flexibility index (Phi) is 3.57. The fraction of sp³-hybridized carbons (Fsp3) is 0.600. The Balaban J connectivity index is 1.84. The van der Waals surface area contributed by atoms with Crippen LogP contribution >= 0.6 is 0 Å². The lowest BCUT2D eigenvalue weighted by atomic mass is 9.55. The van der Waals surface area contributed by atoms with Crippen LogP contribution in [0.25, 0.3) is 0 Å². The fourth-order valence-corrected chi connectivity index (χ4v) is 3.73. The summed E-state index contributed by atoms with van der Waals surface area (Å²) in [6, 6.07) is 3.40. The molecule has 0 aliphatic heterocycles. The number of hydrogen-bond acceptors (Lipinski definition) is 4. The quantitative estimate of drug-likeness (QED) is 0.686. The van der Waals surface area contributed by atoms with E-state index in [-0.39, 0.29) is 29.0 Å². The molecule has 0 bridgehead atoms. The third kappa shape index (κ3) is 2.37. The molecule has 2 aliphatic rings. The Morgan fingerprint density at radius 1 is 1.33 bits per heavy atom. The molecular formula is C15H19FN2O3. The molecule has 5 nitrogen and oxygen atoms in total. The highest BCUT2D eigenvalue weighted by molar-refractivity contribution is 5.46. The van der Waals surface area contributed by atoms with E-state index in [1.807, 2.05) is 0 Å². The maximum atomic E-state index is 13.4. The van der Waals surface area contributed by atoms with Crippen molar-refractivity contribution in [3.05, 3.63) is 34.1 Å². The second kappa shape index (κ2) is 5.26. The van der Waals surface area contributed by atoms with Gasteiger partial charge in [0.1, 0.15) is 11.9 Å². The molecule has 2 aliphatic carbocycles. The number of nitrogens with two attached hydrogens (primary N) is 1. The molecule has 2 fully saturated rings. The summed E-state index contributed by atoms with van der Waals surface area (Å²) in [5.74, 6) is -0.515. The molecule has 0 radical (unpaired) electrons. The largest absolute Gasteiger partial charge is 0.483 e. The fourth-order valence-electron chi connectivity index (χ4n) is 3.73. The van der Waals surface area contributed by atoms with Gasteiger partial charge in [-0.2, -0.15) is 0 Å². The normalized spacial score (nSPS) is 27.1. The topological polar surface area (TPSA) is 78.4 Å². The zero-order chi connectivity index (χ0) is 15.0. The number of nitro benzene ring substituents is 1. The van der Waals surface area contributed by atoms with Gasteiger partial charge in [0.05, 0.1) is 4.92 Å². The van der Waals surface area contributed by atoms with E-state index in [2.05, 4.69) is 0 Å². The first-order valence-electron chi connectivity index (χ1n) is 7.39. The number of ether oxygens (including phenoxy) is 1. The summed E-state index contributed by atoms with van der Waals surface area (Å²) >= 11 is 0. The molecule has 21 heavy (non-hydrogen) atoms. The van der Waals surface area contributed by atoms with Gasteiger partial charge in [0, 0.05) is 30.0 Å². The van der Waals surface area contributed by atoms with E-state index in [1.165, 1.54) is 6.42 Å². The van der Waals surface area contributed by atoms with Gasteiger partial charge in [-0.25, -0.2) is 4.39 Å². The van der Waals surface area contributed by atoms with Crippen molar-refractivity contribution in [2.24, 2.45) is 11.1 Å². The van der Waals surface area contributed by atoms with Crippen molar-refractivity contribution < 1.29 is 14.1 Å². The van der Waals surface area contributed by atoms with Crippen LogP contribution in [-0.2, 0) is 0 Å². The van der Waals surface area contributed by atoms with Crippen LogP contribution in [0.5, 0.6) is 5.75 Å². The molecule has 114 valence electrons. The van der Waals surface area contributed by atoms with Crippen LogP contribution in [-0.4, -0.2) is 17.1 Å². The van der Waals surface area contributed by atoms with Crippen LogP contribution in [0.2, 0.25) is 0 Å². The Morgan fingerprint density at radius 2 is 2.05 bits per heavy atom. The molecule has 0 aromatic heterocycles. The van der Waals surface area contributed by atoms with Crippen molar-refractivity contribution in [3.63, 3.8) is 0 Å². The number of nitrogens with zero attached hydrogens (tertiary/aromatic N) is 1. The van der Waals surface area contributed by atoms with Crippen molar-refractivity contribution in [3.8, 4) is 5.75 Å². The molecule has 2 N–H and O–H groups in total. The van der Waals surface area contributed by atoms with Crippen LogP contribution in [0.3, 0.4) is 0 Å². The van der Waals surface area contributed by atoms with Gasteiger partial charge in [0.2, 0.25) is 0 Å². The Hall–Kier alpha value is -1.69. The third-order valence-electron chi connectivity index (χ3n) is 5.02. The molecule has 1 aromatic carbocycles. The smallest absolute Gasteiger partial charge is 0.311 e. The van der Waals surface area contributed by atoms with Crippen LogP contribution in [0.4, 0.5) is 10.1 Å². The van der Waals surface area contributed by atoms with E-state index < -0.39 is 10.7 Å². The van der Waals surface area contributed by atoms with E-state index in [4.69, 9.17) is 10.5 Å². The van der Waals surface area contributed by atoms with Crippen molar-refractivity contribution in [1.82, 2.24) is 0 Å². The van der Waals surface area contributed by atoms with Gasteiger partial charge in [-0.3, -0.25) is 10.1 Å². The van der Waals surface area contributed by atoms with Gasteiger partial charge in [-0.15, -0.1) is 0 Å². The predicted molar refractivity (Wildman–Crippen MR) is 75.6 cm³/mol. The molecule has 3 rings (SSSR count). The van der Waals surface area contributed by atoms with Crippen molar-refractivity contribution >= 4 is 5.69 Å². The van der Waals surface area contributed by atoms with Gasteiger partial charge in [-0.1, -0.05) is 19.3 Å². The summed E-state index contributed by atoms with van der Waals surface area (Å²) < 4.78 is 19.2. The Morgan fingerprint density at radius 3 is 2.67 bits per heavy atom. The molecule has 0 amide bonds. The Bertz CT molecular complexity index is 558. The first-order chi connectivity index (χ1) is 10.0. The second-order valence-electron chi connectivity index (χ2n) is 6.11. The molecule has 2 atom stereocenters. The van der Waals surface area contributed by atoms with Crippen LogP contribution < -0.4 is 10.5 Å². The van der Waals surface area contributed by atoms with E-state index in [0.717, 1.165) is 43.9 Å². The lowest BCUT2D eigenvalue weighted by Gasteiger charge is -2.55. The first kappa shape index (κ1) is 14.3. The lowest BCUT2D eigenvalue weighted by molar-refractivity contribution is -0.386. The summed E-state index contributed by atoms with van der Waals surface area (Å²) in [5.41, 5.74) is 5.90. The number of halogens is 1. The van der Waals surface area contributed by atoms with Crippen LogP contribution in [0.1, 0.15) is 38.5 Å². The minimum absolute atomic E-state index is 0.0156. The average Bonchev–Trinajstić information content (AvgIpc) is 2.47. The van der Waals surface area contributed by atoms with E-state index in [1.54, 1.807) is 0 Å². The summed E-state index contributed by atoms with van der Waals surface area (Å²) in [7, 11) is 0. The third-order valence-corrected chi connectivity index (χ3v) is 5.02. The average molecular weight is 294 g/mol. The van der Waals surface area contributed by atoms with Crippen molar-refractivity contribution in [2.75, 3.05) is 0 Å². The van der Waals surface area contributed by atoms with Gasteiger partial charge < -0.3 is 10.5 Å². The molecule has 0 saturated heterocycles. The summed E-state index contributed by atoms with van der Waals surface area (Å²) in [6.07, 6.45) is 5.92. The lowest BCUT2D eigenvalue weighted by Crippen LogP contribution is -2.64. The molecule has 1 spiro atoms. The zero-order valence-electron chi connectivity index (χ0n) is 11.8. The maximum absolute atomic E-state index is 13.4. The van der Waals surface area contributed by atoms with E-state index in [0.29, 0.717) is 6.42 Å². The van der Waals surface area contributed by atoms with E-state index in [9.17, 15) is 14.5 Å². The van der Waals surface area contributed by atoms with Gasteiger partial charge in [-0.05, 0) is 18.9 Å². The highest BCUT2D eigenvalue weighted by Gasteiger charge is 2.55. The summed E-state index contributed by atoms with van der Waals surface area (Å²) in [5, 5.41) is 11.0. The molecule has 6 heteroatoms. The monoisotopic (exact) mass is 294 g/mol. The highest BCUT2D eigenvalue weighted by Crippen LogP contribution is 2.52. The molecular weight excluding hydrogens is 275 g/mol. The molecule has 2 unspecified atom stereocenters. The second-order valence-corrected chi connectivity index (χ2v) is 6.11. The minimum atomic E-state index is -0.541. The van der Waals surface area contributed by atoms with Crippen molar-refractivity contribution in [1.29, 1.82) is 0 Å². The van der Waals surface area contributed by atoms with Gasteiger partial charge in [0.15, 0.2) is 5.75 Å². The summed E-state index contributed by atoms with van der Waals surface area (Å²) in [4.78, 5) is 10.5. The standard InChI is InChI=1S/C15H19FN2O3/c16-10-4-5-11(18(19)20)12(8-10)21-14-9-13(17)15(14)6-2-1-3-7-15/h4-5,8,13-14H,1-3,6-7,9,17H2. The van der Waals surface area contributed by atoms with Gasteiger partial charge >= 0.3 is 5.69 Å². The van der Waals surface area contributed by atoms with Crippen LogP contribution in [0.15, 0.2) is 18.2 Å². The number of benzene rings is 1. The maximum Gasteiger partial charge on any atom is 0.311 e. The minimum Gasteiger partial charge on any atom is -0.483 e. The molecule has 1 aromatic rings. The number of hydrogen-bond donors (Lipinski definition) is 1. The number of rotatable bonds is 3. The molecule has 0 heterocycles. The summed E-state index contributed by atoms with van der Waals surface area (Å²) in [6.45, 7) is 0. The van der Waals surface area contributed by atoms with Crippen molar-refractivity contribution in [2.45, 2.75) is 50.7 Å². The van der Waals surface area contributed by atoms with E-state index >= 15 is 0 Å². The highest BCUT2D eigenvalue weighted by atomic mass is 19.1.